The van der Waals surface area contributed by atoms with Gasteiger partial charge in [0.25, 0.3) is 0 Å². The average Bonchev–Trinajstić information content (AvgIpc) is 3.04. The third kappa shape index (κ3) is 7.59. The standard InChI is InChI=1S/C18H22P.C6H5.3ClH.Sb/c1-12(2)19(13(3)4)17-11-10-15-9-8-14-6-5-7-16(17)18(14)15;1-2-4-6-5-3-1;;;;/h5-6,10-13H,8-9H2,1-4H3;1-5H;3*1H;/q;;;;;+3/p-3. The minimum Gasteiger partial charge on any atom is -1.00 e. The molecule has 4 radical (unpaired) electrons. The van der Waals surface area contributed by atoms with Crippen LogP contribution in [0.2, 0.25) is 0 Å². The van der Waals surface area contributed by atoms with Gasteiger partial charge in [-0.25, -0.2) is 0 Å². The monoisotopic (exact) mass is 572 g/mol. The van der Waals surface area contributed by atoms with E-state index in [9.17, 15) is 0 Å². The second kappa shape index (κ2) is 14.9. The molecule has 0 unspecified atom stereocenters. The molecule has 0 spiro atoms. The molecule has 0 saturated carbocycles. The minimum atomic E-state index is -0.102. The van der Waals surface area contributed by atoms with Crippen molar-refractivity contribution in [2.24, 2.45) is 0 Å². The van der Waals surface area contributed by atoms with E-state index in [4.69, 9.17) is 0 Å². The fraction of sp³-hybridized carbons (Fsp3) is 0.333. The molecule has 4 rings (SSSR count). The molecule has 0 N–H and O–H groups in total. The van der Waals surface area contributed by atoms with Gasteiger partial charge in [-0.15, -0.1) is 0 Å². The molecule has 0 heterocycles. The van der Waals surface area contributed by atoms with Crippen LogP contribution in [0.1, 0.15) is 38.8 Å². The molecule has 5 heteroatoms. The van der Waals surface area contributed by atoms with E-state index < -0.39 is 0 Å². The van der Waals surface area contributed by atoms with Crippen molar-refractivity contribution in [2.75, 3.05) is 0 Å². The summed E-state index contributed by atoms with van der Waals surface area (Å²) in [7, 11) is -0.102. The number of hydrogen-bond donors (Lipinski definition) is 0. The van der Waals surface area contributed by atoms with Gasteiger partial charge in [0.15, 0.2) is 0 Å². The molecule has 0 bridgehead atoms. The van der Waals surface area contributed by atoms with Crippen LogP contribution in [0.15, 0.2) is 54.6 Å². The number of benzene rings is 3. The molecule has 0 aromatic heterocycles. The Bertz CT molecular complexity index is 793. The van der Waals surface area contributed by atoms with Crippen LogP contribution < -0.4 is 42.5 Å². The Labute approximate surface area is 214 Å². The zero-order chi connectivity index (χ0) is 17.8. The summed E-state index contributed by atoms with van der Waals surface area (Å²) in [4.78, 5) is 0. The second-order valence-corrected chi connectivity index (χ2v) is 10.5. The van der Waals surface area contributed by atoms with Crippen molar-refractivity contribution in [2.45, 2.75) is 51.9 Å². The van der Waals surface area contributed by atoms with Crippen LogP contribution >= 0.6 is 7.92 Å². The first-order valence-corrected chi connectivity index (χ1v) is 10.7. The third-order valence-corrected chi connectivity index (χ3v) is 7.92. The fourth-order valence-electron chi connectivity index (χ4n) is 3.85. The summed E-state index contributed by atoms with van der Waals surface area (Å²) in [6, 6.07) is 25.2. The topological polar surface area (TPSA) is 0 Å². The van der Waals surface area contributed by atoms with Gasteiger partial charge in [-0.3, -0.25) is 0 Å². The van der Waals surface area contributed by atoms with E-state index in [1.165, 1.54) is 34.7 Å². The summed E-state index contributed by atoms with van der Waals surface area (Å²) in [5, 5.41) is 4.51. The minimum absolute atomic E-state index is 0. The van der Waals surface area contributed by atoms with Crippen LogP contribution in [-0.4, -0.2) is 35.7 Å². The molecule has 0 aliphatic heterocycles. The Morgan fingerprint density at radius 3 is 1.76 bits per heavy atom. The Morgan fingerprint density at radius 2 is 1.31 bits per heavy atom. The quantitative estimate of drug-likeness (QED) is 0.228. The average molecular weight is 575 g/mol. The number of halogens is 3. The molecule has 154 valence electrons. The van der Waals surface area contributed by atoms with Crippen molar-refractivity contribution in [1.29, 1.82) is 0 Å². The molecule has 0 saturated heterocycles. The Hall–Kier alpha value is 0.0382. The number of hydrogen-bond acceptors (Lipinski definition) is 0. The first kappa shape index (κ1) is 31.2. The Balaban J connectivity index is 0. The summed E-state index contributed by atoms with van der Waals surface area (Å²) >= 11 is 0. The molecule has 1 aliphatic carbocycles. The molecule has 0 fully saturated rings. The zero-order valence-corrected chi connectivity index (χ0v) is 23.0. The van der Waals surface area contributed by atoms with Crippen LogP contribution in [0.5, 0.6) is 0 Å². The smallest absolute Gasteiger partial charge is 1.00 e. The van der Waals surface area contributed by atoms with Crippen molar-refractivity contribution < 1.29 is 37.2 Å². The molecule has 1 aliphatic rings. The van der Waals surface area contributed by atoms with Crippen molar-refractivity contribution in [3.05, 3.63) is 77.9 Å². The van der Waals surface area contributed by atoms with Crippen molar-refractivity contribution in [1.82, 2.24) is 0 Å². The maximum Gasteiger partial charge on any atom is 3.00 e. The molecule has 29 heavy (non-hydrogen) atoms. The van der Waals surface area contributed by atoms with Gasteiger partial charge in [0.2, 0.25) is 0 Å². The molecule has 0 atom stereocenters. The largest absolute Gasteiger partial charge is 3.00 e. The molecular formula is C24H27Cl3PSb. The summed E-state index contributed by atoms with van der Waals surface area (Å²) in [5.74, 6) is 0. The number of rotatable bonds is 3. The van der Waals surface area contributed by atoms with E-state index in [0.717, 1.165) is 11.3 Å². The van der Waals surface area contributed by atoms with E-state index in [1.54, 1.807) is 5.30 Å². The Kier molecular flexibility index (Phi) is 16.1. The predicted octanol–water partition coefficient (Wildman–Crippen LogP) is -3.22. The van der Waals surface area contributed by atoms with Crippen LogP contribution in [0.25, 0.3) is 10.8 Å². The normalized spacial score (nSPS) is 11.0. The first-order chi connectivity index (χ1) is 12.1. The van der Waals surface area contributed by atoms with Crippen LogP contribution in [0.4, 0.5) is 0 Å². The summed E-state index contributed by atoms with van der Waals surface area (Å²) in [5.41, 5.74) is 4.55. The van der Waals surface area contributed by atoms with Gasteiger partial charge >= 0.3 is 24.4 Å². The van der Waals surface area contributed by atoms with E-state index in [0.29, 0.717) is 0 Å². The van der Waals surface area contributed by atoms with Gasteiger partial charge in [-0.1, -0.05) is 90.2 Å². The maximum atomic E-state index is 3.55. The van der Waals surface area contributed by atoms with E-state index in [2.05, 4.69) is 64.1 Å². The predicted molar refractivity (Wildman–Crippen MR) is 118 cm³/mol. The maximum absolute atomic E-state index is 3.55. The molecular weight excluding hydrogens is 547 g/mol. The summed E-state index contributed by atoms with van der Waals surface area (Å²) < 4.78 is 0. The van der Waals surface area contributed by atoms with Crippen LogP contribution in [0.3, 0.4) is 0 Å². The van der Waals surface area contributed by atoms with Gasteiger partial charge in [0.05, 0.1) is 0 Å². The van der Waals surface area contributed by atoms with E-state index in [-0.39, 0.29) is 69.6 Å². The van der Waals surface area contributed by atoms with E-state index >= 15 is 0 Å². The van der Waals surface area contributed by atoms with E-state index in [1.807, 2.05) is 30.3 Å². The fourth-order valence-corrected chi connectivity index (χ4v) is 6.84. The van der Waals surface area contributed by atoms with Gasteiger partial charge in [-0.05, 0) is 63.5 Å². The SMILES string of the molecule is CC(C)P(c1ccc2c3c(cc[c]c13)CC2)C(C)C.[Cl-].[Cl-].[Cl-].[Sb+3].[c]1ccccc1. The molecule has 0 nitrogen and oxygen atoms in total. The van der Waals surface area contributed by atoms with Crippen molar-refractivity contribution in [3.8, 4) is 0 Å². The Morgan fingerprint density at radius 1 is 0.759 bits per heavy atom. The second-order valence-electron chi connectivity index (χ2n) is 7.17. The van der Waals surface area contributed by atoms with Crippen molar-refractivity contribution in [3.63, 3.8) is 0 Å². The van der Waals surface area contributed by atoms with Crippen LogP contribution in [0, 0.1) is 12.1 Å². The summed E-state index contributed by atoms with van der Waals surface area (Å²) in [6.07, 6.45) is 2.43. The summed E-state index contributed by atoms with van der Waals surface area (Å²) in [6.45, 7) is 9.48. The molecule has 3 aromatic carbocycles. The van der Waals surface area contributed by atoms with Gasteiger partial charge < -0.3 is 37.2 Å². The van der Waals surface area contributed by atoms with Crippen LogP contribution in [-0.2, 0) is 12.8 Å². The van der Waals surface area contributed by atoms with Crippen molar-refractivity contribution >= 4 is 48.4 Å². The van der Waals surface area contributed by atoms with Gasteiger partial charge in [-0.2, -0.15) is 0 Å². The van der Waals surface area contributed by atoms with Gasteiger partial charge in [0, 0.05) is 0 Å². The first-order valence-electron chi connectivity index (χ1n) is 9.24. The third-order valence-electron chi connectivity index (χ3n) is 4.76. The molecule has 3 aromatic rings. The number of aryl methyl sites for hydroxylation is 2. The molecule has 0 amide bonds. The van der Waals surface area contributed by atoms with Gasteiger partial charge in [0.1, 0.15) is 0 Å². The zero-order valence-electron chi connectivity index (χ0n) is 17.3.